The molecule has 1 aliphatic heterocycles. The lowest BCUT2D eigenvalue weighted by atomic mass is 10.1. The Kier molecular flexibility index (Phi) is 6.91. The summed E-state index contributed by atoms with van der Waals surface area (Å²) in [6.07, 6.45) is -0.133. The van der Waals surface area contributed by atoms with Crippen molar-refractivity contribution in [1.29, 1.82) is 0 Å². The summed E-state index contributed by atoms with van der Waals surface area (Å²) in [7, 11) is 0. The van der Waals surface area contributed by atoms with Crippen molar-refractivity contribution in [3.05, 3.63) is 64.1 Å². The number of nitrogens with one attached hydrogen (secondary N) is 2. The minimum atomic E-state index is -0.795. The standard InChI is InChI=1S/C20H17Cl2N3O5/c21-14-7-5-12(6-8-14)19(28)24-25-10-13(9-18(25)27)20(29)30-11-17(26)23-16-4-2-1-3-15(16)22/h1-8,13H,9-11H2,(H,23,26)(H,24,28)/t13-/m0/s1. The zero-order valence-corrected chi connectivity index (χ0v) is 17.1. The van der Waals surface area contributed by atoms with E-state index >= 15 is 0 Å². The number of hydrazine groups is 1. The third-order valence-corrected chi connectivity index (χ3v) is 4.88. The minimum Gasteiger partial charge on any atom is -0.455 e. The number of amides is 3. The van der Waals surface area contributed by atoms with Gasteiger partial charge in [0.2, 0.25) is 5.91 Å². The highest BCUT2D eigenvalue weighted by atomic mass is 35.5. The average Bonchev–Trinajstić information content (AvgIpc) is 3.09. The van der Waals surface area contributed by atoms with E-state index in [0.29, 0.717) is 21.3 Å². The molecule has 1 aliphatic rings. The summed E-state index contributed by atoms with van der Waals surface area (Å²) in [5, 5.41) is 4.42. The van der Waals surface area contributed by atoms with Crippen molar-refractivity contribution in [3.8, 4) is 0 Å². The SMILES string of the molecule is O=C(COC(=O)[C@H]1CC(=O)N(NC(=O)c2ccc(Cl)cc2)C1)Nc1ccccc1Cl. The summed E-state index contributed by atoms with van der Waals surface area (Å²) >= 11 is 11.7. The van der Waals surface area contributed by atoms with Gasteiger partial charge in [-0.2, -0.15) is 0 Å². The van der Waals surface area contributed by atoms with Gasteiger partial charge in [-0.25, -0.2) is 0 Å². The molecular formula is C20H17Cl2N3O5. The summed E-state index contributed by atoms with van der Waals surface area (Å²) < 4.78 is 5.00. The van der Waals surface area contributed by atoms with Crippen LogP contribution in [-0.2, 0) is 19.1 Å². The first kappa shape index (κ1) is 21.6. The van der Waals surface area contributed by atoms with Crippen molar-refractivity contribution < 1.29 is 23.9 Å². The molecule has 0 radical (unpaired) electrons. The molecule has 2 aromatic carbocycles. The highest BCUT2D eigenvalue weighted by molar-refractivity contribution is 6.33. The molecule has 2 aromatic rings. The van der Waals surface area contributed by atoms with Crippen LogP contribution in [0, 0.1) is 5.92 Å². The number of esters is 1. The number of anilines is 1. The Labute approximate surface area is 182 Å². The maximum absolute atomic E-state index is 12.2. The molecule has 1 heterocycles. The normalized spacial score (nSPS) is 15.6. The summed E-state index contributed by atoms with van der Waals surface area (Å²) in [4.78, 5) is 48.5. The van der Waals surface area contributed by atoms with E-state index < -0.39 is 36.2 Å². The van der Waals surface area contributed by atoms with Crippen LogP contribution in [0.1, 0.15) is 16.8 Å². The zero-order chi connectivity index (χ0) is 21.7. The van der Waals surface area contributed by atoms with E-state index in [0.717, 1.165) is 5.01 Å². The maximum atomic E-state index is 12.2. The van der Waals surface area contributed by atoms with Crippen LogP contribution in [0.3, 0.4) is 0 Å². The number of hydrogen-bond donors (Lipinski definition) is 2. The number of hydrogen-bond acceptors (Lipinski definition) is 5. The highest BCUT2D eigenvalue weighted by Crippen LogP contribution is 2.21. The van der Waals surface area contributed by atoms with Crippen molar-refractivity contribution >= 4 is 52.6 Å². The molecule has 1 fully saturated rings. The second-order valence-corrected chi connectivity index (χ2v) is 7.33. The van der Waals surface area contributed by atoms with Gasteiger partial charge in [-0.05, 0) is 36.4 Å². The predicted octanol–water partition coefficient (Wildman–Crippen LogP) is 2.67. The average molecular weight is 450 g/mol. The molecule has 0 spiro atoms. The van der Waals surface area contributed by atoms with Gasteiger partial charge in [-0.1, -0.05) is 35.3 Å². The third-order valence-electron chi connectivity index (χ3n) is 4.29. The summed E-state index contributed by atoms with van der Waals surface area (Å²) in [5.74, 6) is -3.00. The first-order chi connectivity index (χ1) is 14.3. The van der Waals surface area contributed by atoms with E-state index in [-0.39, 0.29) is 13.0 Å². The van der Waals surface area contributed by atoms with Crippen molar-refractivity contribution in [3.63, 3.8) is 0 Å². The lowest BCUT2D eigenvalue weighted by Gasteiger charge is -2.17. The molecule has 2 N–H and O–H groups in total. The monoisotopic (exact) mass is 449 g/mol. The molecule has 3 rings (SSSR count). The smallest absolute Gasteiger partial charge is 0.311 e. The van der Waals surface area contributed by atoms with Crippen LogP contribution in [-0.4, -0.2) is 41.9 Å². The second-order valence-electron chi connectivity index (χ2n) is 6.49. The molecule has 0 aliphatic carbocycles. The highest BCUT2D eigenvalue weighted by Gasteiger charge is 2.36. The molecule has 10 heteroatoms. The fraction of sp³-hybridized carbons (Fsp3) is 0.200. The van der Waals surface area contributed by atoms with Crippen LogP contribution in [0.5, 0.6) is 0 Å². The van der Waals surface area contributed by atoms with Gasteiger partial charge in [0.1, 0.15) is 0 Å². The molecule has 30 heavy (non-hydrogen) atoms. The summed E-state index contributed by atoms with van der Waals surface area (Å²) in [5.41, 5.74) is 3.16. The quantitative estimate of drug-likeness (QED) is 0.659. The molecule has 1 saturated heterocycles. The second kappa shape index (κ2) is 9.60. The zero-order valence-electron chi connectivity index (χ0n) is 15.6. The Morgan fingerprint density at radius 2 is 1.77 bits per heavy atom. The van der Waals surface area contributed by atoms with Crippen molar-refractivity contribution in [2.45, 2.75) is 6.42 Å². The lowest BCUT2D eigenvalue weighted by Crippen LogP contribution is -2.43. The Morgan fingerprint density at radius 3 is 2.47 bits per heavy atom. The Balaban J connectivity index is 1.48. The number of carbonyl (C=O) groups is 4. The van der Waals surface area contributed by atoms with Gasteiger partial charge in [0, 0.05) is 17.0 Å². The number of rotatable bonds is 6. The van der Waals surface area contributed by atoms with Crippen LogP contribution < -0.4 is 10.7 Å². The minimum absolute atomic E-state index is 0.0525. The van der Waals surface area contributed by atoms with E-state index in [9.17, 15) is 19.2 Å². The lowest BCUT2D eigenvalue weighted by molar-refractivity contribution is -0.151. The van der Waals surface area contributed by atoms with Crippen LogP contribution in [0.2, 0.25) is 10.0 Å². The van der Waals surface area contributed by atoms with Gasteiger partial charge in [0.15, 0.2) is 6.61 Å². The third kappa shape index (κ3) is 5.49. The molecule has 1 atom stereocenters. The van der Waals surface area contributed by atoms with Gasteiger partial charge < -0.3 is 10.1 Å². The predicted molar refractivity (Wildman–Crippen MR) is 110 cm³/mol. The van der Waals surface area contributed by atoms with Crippen LogP contribution in [0.25, 0.3) is 0 Å². The number of halogens is 2. The van der Waals surface area contributed by atoms with Crippen LogP contribution in [0.4, 0.5) is 5.69 Å². The van der Waals surface area contributed by atoms with E-state index in [1.807, 2.05) is 0 Å². The Bertz CT molecular complexity index is 981. The van der Waals surface area contributed by atoms with E-state index in [4.69, 9.17) is 27.9 Å². The summed E-state index contributed by atoms with van der Waals surface area (Å²) in [6, 6.07) is 12.8. The molecule has 0 bridgehead atoms. The molecule has 0 saturated carbocycles. The molecular weight excluding hydrogens is 433 g/mol. The number of nitrogens with zero attached hydrogens (tertiary/aromatic N) is 1. The number of ether oxygens (including phenoxy) is 1. The molecule has 156 valence electrons. The molecule has 0 aromatic heterocycles. The van der Waals surface area contributed by atoms with Crippen molar-refractivity contribution in [1.82, 2.24) is 10.4 Å². The van der Waals surface area contributed by atoms with Gasteiger partial charge in [-0.15, -0.1) is 0 Å². The maximum Gasteiger partial charge on any atom is 0.311 e. The summed E-state index contributed by atoms with van der Waals surface area (Å²) in [6.45, 7) is -0.574. The molecule has 0 unspecified atom stereocenters. The Hall–Kier alpha value is -3.10. The number of para-hydroxylation sites is 1. The van der Waals surface area contributed by atoms with Crippen molar-refractivity contribution in [2.75, 3.05) is 18.5 Å². The number of benzene rings is 2. The Morgan fingerprint density at radius 1 is 1.07 bits per heavy atom. The molecule has 3 amide bonds. The van der Waals surface area contributed by atoms with E-state index in [1.165, 1.54) is 12.1 Å². The van der Waals surface area contributed by atoms with E-state index in [1.54, 1.807) is 36.4 Å². The van der Waals surface area contributed by atoms with Crippen LogP contribution in [0.15, 0.2) is 48.5 Å². The van der Waals surface area contributed by atoms with Gasteiger partial charge in [0.25, 0.3) is 11.8 Å². The first-order valence-corrected chi connectivity index (χ1v) is 9.67. The van der Waals surface area contributed by atoms with Crippen molar-refractivity contribution in [2.24, 2.45) is 5.92 Å². The fourth-order valence-corrected chi connectivity index (χ4v) is 3.07. The van der Waals surface area contributed by atoms with Crippen LogP contribution >= 0.6 is 23.2 Å². The van der Waals surface area contributed by atoms with E-state index in [2.05, 4.69) is 10.7 Å². The van der Waals surface area contributed by atoms with Gasteiger partial charge >= 0.3 is 5.97 Å². The van der Waals surface area contributed by atoms with Gasteiger partial charge in [0.05, 0.1) is 23.2 Å². The fourth-order valence-electron chi connectivity index (χ4n) is 2.77. The first-order valence-electron chi connectivity index (χ1n) is 8.91. The molecule has 8 nitrogen and oxygen atoms in total. The number of carbonyl (C=O) groups excluding carboxylic acids is 4. The largest absolute Gasteiger partial charge is 0.455 e. The topological polar surface area (TPSA) is 105 Å². The van der Waals surface area contributed by atoms with Gasteiger partial charge in [-0.3, -0.25) is 29.6 Å².